The lowest BCUT2D eigenvalue weighted by Gasteiger charge is -2.37. The average Bonchev–Trinajstić information content (AvgIpc) is 2.55. The number of likely N-dealkylation sites (tertiary alicyclic amines) is 1. The van der Waals surface area contributed by atoms with Gasteiger partial charge in [-0.25, -0.2) is 0 Å². The molecule has 1 saturated carbocycles. The Labute approximate surface area is 114 Å². The van der Waals surface area contributed by atoms with Crippen molar-refractivity contribution >= 4 is 0 Å². The monoisotopic (exact) mass is 252 g/mol. The predicted molar refractivity (Wildman–Crippen MR) is 79.0 cm³/mol. The summed E-state index contributed by atoms with van der Waals surface area (Å²) >= 11 is 0. The zero-order valence-corrected chi connectivity index (χ0v) is 12.3. The van der Waals surface area contributed by atoms with Crippen LogP contribution in [0.4, 0.5) is 0 Å². The Morgan fingerprint density at radius 2 is 1.44 bits per heavy atom. The van der Waals surface area contributed by atoms with Crippen molar-refractivity contribution in [2.45, 2.75) is 83.2 Å². The highest BCUT2D eigenvalue weighted by Gasteiger charge is 2.28. The Balaban J connectivity index is 1.95. The Hall–Kier alpha value is -0.0800. The molecule has 2 aliphatic rings. The van der Waals surface area contributed by atoms with E-state index in [-0.39, 0.29) is 0 Å². The van der Waals surface area contributed by atoms with E-state index >= 15 is 0 Å². The first-order chi connectivity index (χ1) is 8.92. The van der Waals surface area contributed by atoms with Crippen molar-refractivity contribution in [3.05, 3.63) is 0 Å². The molecule has 0 spiro atoms. The first kappa shape index (κ1) is 14.3. The highest BCUT2D eigenvalue weighted by Crippen LogP contribution is 2.24. The Morgan fingerprint density at radius 1 is 0.833 bits per heavy atom. The molecule has 2 unspecified atom stereocenters. The summed E-state index contributed by atoms with van der Waals surface area (Å²) in [6.45, 7) is 6.10. The van der Waals surface area contributed by atoms with Crippen LogP contribution in [0.25, 0.3) is 0 Å². The fourth-order valence-electron chi connectivity index (χ4n) is 3.83. The molecular weight excluding hydrogens is 220 g/mol. The van der Waals surface area contributed by atoms with Crippen LogP contribution < -0.4 is 5.32 Å². The van der Waals surface area contributed by atoms with E-state index in [2.05, 4.69) is 17.1 Å². The third-order valence-electron chi connectivity index (χ3n) is 4.81. The molecule has 1 aliphatic carbocycles. The van der Waals surface area contributed by atoms with E-state index in [1.807, 2.05) is 0 Å². The molecule has 0 aromatic rings. The van der Waals surface area contributed by atoms with Crippen LogP contribution in [0.5, 0.6) is 0 Å². The zero-order valence-electron chi connectivity index (χ0n) is 12.3. The van der Waals surface area contributed by atoms with Crippen LogP contribution in [0.15, 0.2) is 0 Å². The number of hydrogen-bond donors (Lipinski definition) is 1. The molecule has 1 N–H and O–H groups in total. The normalized spacial score (nSPS) is 32.5. The van der Waals surface area contributed by atoms with Crippen LogP contribution in [-0.4, -0.2) is 36.6 Å². The van der Waals surface area contributed by atoms with E-state index in [1.165, 1.54) is 77.3 Å². The van der Waals surface area contributed by atoms with Gasteiger partial charge in [0.1, 0.15) is 0 Å². The van der Waals surface area contributed by atoms with Crippen molar-refractivity contribution < 1.29 is 0 Å². The standard InChI is InChI=1S/C16H32N2/c1-2-17-15-11-7-6-8-12-16(15)18-13-9-4-3-5-10-14-18/h15-17H,2-14H2,1H3. The molecule has 1 saturated heterocycles. The van der Waals surface area contributed by atoms with Gasteiger partial charge in [0.2, 0.25) is 0 Å². The SMILES string of the molecule is CCNC1CCCCCC1N1CCCCCCC1. The number of hydrogen-bond acceptors (Lipinski definition) is 2. The maximum absolute atomic E-state index is 3.77. The molecule has 2 fully saturated rings. The first-order valence-electron chi connectivity index (χ1n) is 8.39. The van der Waals surface area contributed by atoms with E-state index in [0.717, 1.165) is 18.6 Å². The molecule has 1 heterocycles. The van der Waals surface area contributed by atoms with E-state index in [4.69, 9.17) is 0 Å². The van der Waals surface area contributed by atoms with Crippen LogP contribution in [0.3, 0.4) is 0 Å². The number of nitrogens with one attached hydrogen (secondary N) is 1. The molecule has 2 heteroatoms. The fourth-order valence-corrected chi connectivity index (χ4v) is 3.83. The molecule has 0 aromatic carbocycles. The topological polar surface area (TPSA) is 15.3 Å². The predicted octanol–water partition coefficient (Wildman–Crippen LogP) is 3.56. The van der Waals surface area contributed by atoms with Crippen molar-refractivity contribution in [3.8, 4) is 0 Å². The second kappa shape index (κ2) is 8.16. The van der Waals surface area contributed by atoms with Crippen molar-refractivity contribution in [3.63, 3.8) is 0 Å². The molecule has 0 amide bonds. The third-order valence-corrected chi connectivity index (χ3v) is 4.81. The third kappa shape index (κ3) is 4.24. The smallest absolute Gasteiger partial charge is 0.0249 e. The lowest BCUT2D eigenvalue weighted by Crippen LogP contribution is -2.50. The minimum absolute atomic E-state index is 0.761. The summed E-state index contributed by atoms with van der Waals surface area (Å²) in [6.07, 6.45) is 14.4. The van der Waals surface area contributed by atoms with Crippen LogP contribution in [0, 0.1) is 0 Å². The largest absolute Gasteiger partial charge is 0.313 e. The maximum atomic E-state index is 3.77. The van der Waals surface area contributed by atoms with Gasteiger partial charge in [0.15, 0.2) is 0 Å². The quantitative estimate of drug-likeness (QED) is 0.773. The van der Waals surface area contributed by atoms with Crippen LogP contribution in [-0.2, 0) is 0 Å². The van der Waals surface area contributed by atoms with Crippen molar-refractivity contribution in [1.29, 1.82) is 0 Å². The summed E-state index contributed by atoms with van der Waals surface area (Å²) in [5, 5.41) is 3.77. The van der Waals surface area contributed by atoms with E-state index in [9.17, 15) is 0 Å². The van der Waals surface area contributed by atoms with Crippen LogP contribution in [0.1, 0.15) is 71.1 Å². The van der Waals surface area contributed by atoms with Gasteiger partial charge >= 0.3 is 0 Å². The van der Waals surface area contributed by atoms with Crippen LogP contribution in [0.2, 0.25) is 0 Å². The molecule has 2 nitrogen and oxygen atoms in total. The van der Waals surface area contributed by atoms with Crippen molar-refractivity contribution in [1.82, 2.24) is 10.2 Å². The van der Waals surface area contributed by atoms with Gasteiger partial charge in [-0.3, -0.25) is 4.90 Å². The molecule has 2 rings (SSSR count). The van der Waals surface area contributed by atoms with Gasteiger partial charge in [0, 0.05) is 12.1 Å². The average molecular weight is 252 g/mol. The summed E-state index contributed by atoms with van der Waals surface area (Å²) in [6, 6.07) is 1.59. The lowest BCUT2D eigenvalue weighted by molar-refractivity contribution is 0.136. The van der Waals surface area contributed by atoms with Gasteiger partial charge in [0.25, 0.3) is 0 Å². The summed E-state index contributed by atoms with van der Waals surface area (Å²) in [4.78, 5) is 2.83. The minimum atomic E-state index is 0.761. The fraction of sp³-hybridized carbons (Fsp3) is 1.00. The Bertz CT molecular complexity index is 209. The second-order valence-electron chi connectivity index (χ2n) is 6.17. The summed E-state index contributed by atoms with van der Waals surface area (Å²) in [5.41, 5.74) is 0. The number of rotatable bonds is 3. The molecule has 1 aliphatic heterocycles. The minimum Gasteiger partial charge on any atom is -0.313 e. The first-order valence-corrected chi connectivity index (χ1v) is 8.39. The van der Waals surface area contributed by atoms with Gasteiger partial charge in [-0.1, -0.05) is 45.4 Å². The van der Waals surface area contributed by atoms with Gasteiger partial charge < -0.3 is 5.32 Å². The zero-order chi connectivity index (χ0) is 12.6. The van der Waals surface area contributed by atoms with Crippen LogP contribution >= 0.6 is 0 Å². The van der Waals surface area contributed by atoms with Gasteiger partial charge in [-0.15, -0.1) is 0 Å². The summed E-state index contributed by atoms with van der Waals surface area (Å²) in [5.74, 6) is 0. The van der Waals surface area contributed by atoms with E-state index in [0.29, 0.717) is 0 Å². The summed E-state index contributed by atoms with van der Waals surface area (Å²) in [7, 11) is 0. The number of nitrogens with zero attached hydrogens (tertiary/aromatic N) is 1. The second-order valence-corrected chi connectivity index (χ2v) is 6.17. The lowest BCUT2D eigenvalue weighted by atomic mass is 9.98. The molecule has 0 bridgehead atoms. The van der Waals surface area contributed by atoms with E-state index < -0.39 is 0 Å². The van der Waals surface area contributed by atoms with Gasteiger partial charge in [-0.2, -0.15) is 0 Å². The highest BCUT2D eigenvalue weighted by atomic mass is 15.2. The molecule has 0 aromatic heterocycles. The molecule has 106 valence electrons. The molecular formula is C16H32N2. The van der Waals surface area contributed by atoms with Gasteiger partial charge in [-0.05, 0) is 45.3 Å². The molecule has 0 radical (unpaired) electrons. The summed E-state index contributed by atoms with van der Waals surface area (Å²) < 4.78 is 0. The Morgan fingerprint density at radius 3 is 2.17 bits per heavy atom. The molecule has 2 atom stereocenters. The maximum Gasteiger partial charge on any atom is 0.0249 e. The van der Waals surface area contributed by atoms with Crippen molar-refractivity contribution in [2.24, 2.45) is 0 Å². The Kier molecular flexibility index (Phi) is 6.50. The number of likely N-dealkylation sites (N-methyl/N-ethyl adjacent to an activating group) is 1. The molecule has 18 heavy (non-hydrogen) atoms. The van der Waals surface area contributed by atoms with Gasteiger partial charge in [0.05, 0.1) is 0 Å². The van der Waals surface area contributed by atoms with E-state index in [1.54, 1.807) is 0 Å². The highest BCUT2D eigenvalue weighted by molar-refractivity contribution is 4.87. The van der Waals surface area contributed by atoms with Crippen molar-refractivity contribution in [2.75, 3.05) is 19.6 Å².